The highest BCUT2D eigenvalue weighted by Crippen LogP contribution is 2.40. The predicted octanol–water partition coefficient (Wildman–Crippen LogP) is 3.32. The molecule has 26 heavy (non-hydrogen) atoms. The molecule has 3 rings (SSSR count). The predicted molar refractivity (Wildman–Crippen MR) is 94.1 cm³/mol. The molecule has 0 saturated heterocycles. The van der Waals surface area contributed by atoms with E-state index in [1.807, 2.05) is 0 Å². The van der Waals surface area contributed by atoms with Crippen molar-refractivity contribution >= 4 is 0 Å². The fourth-order valence-electron chi connectivity index (χ4n) is 2.67. The lowest BCUT2D eigenvalue weighted by Crippen LogP contribution is -2.03. The molecule has 1 aromatic heterocycles. The summed E-state index contributed by atoms with van der Waals surface area (Å²) in [7, 11) is 4.53. The fourth-order valence-corrected chi connectivity index (χ4v) is 2.67. The number of hydrogen-bond donors (Lipinski definition) is 2. The summed E-state index contributed by atoms with van der Waals surface area (Å²) < 4.78 is 29.0. The number of nitrogens with zero attached hydrogens (tertiary/aromatic N) is 1. The van der Waals surface area contributed by atoms with E-state index in [-0.39, 0.29) is 5.82 Å². The lowest BCUT2D eigenvalue weighted by Gasteiger charge is -2.16. The first-order valence-electron chi connectivity index (χ1n) is 7.86. The van der Waals surface area contributed by atoms with E-state index < -0.39 is 6.10 Å². The summed E-state index contributed by atoms with van der Waals surface area (Å²) in [6, 6.07) is 9.28. The molecule has 2 aromatic carbocycles. The zero-order chi connectivity index (χ0) is 18.7. The number of aliphatic hydroxyl groups is 1. The zero-order valence-electron chi connectivity index (χ0n) is 14.6. The quantitative estimate of drug-likeness (QED) is 0.707. The lowest BCUT2D eigenvalue weighted by atomic mass is 10.1. The number of aliphatic hydroxyl groups excluding tert-OH is 1. The molecular formula is C19H19FN2O4. The molecule has 7 heteroatoms. The minimum atomic E-state index is -0.981. The monoisotopic (exact) mass is 358 g/mol. The van der Waals surface area contributed by atoms with E-state index in [0.717, 1.165) is 5.56 Å². The smallest absolute Gasteiger partial charge is 0.203 e. The van der Waals surface area contributed by atoms with E-state index >= 15 is 0 Å². The van der Waals surface area contributed by atoms with Crippen molar-refractivity contribution in [2.75, 3.05) is 21.3 Å². The van der Waals surface area contributed by atoms with E-state index in [9.17, 15) is 9.50 Å². The minimum Gasteiger partial charge on any atom is -0.493 e. The van der Waals surface area contributed by atoms with Crippen molar-refractivity contribution < 1.29 is 23.7 Å². The standard InChI is InChI=1S/C19H19FN2O4/c1-24-15-8-12(9-16(25-2)18(15)26-3)17(23)14-10-21-19(22-14)11-4-6-13(20)7-5-11/h4-10,17,23H,1-3H3,(H,21,22). The second-order valence-electron chi connectivity index (χ2n) is 5.56. The van der Waals surface area contributed by atoms with Gasteiger partial charge in [-0.25, -0.2) is 9.37 Å². The maximum Gasteiger partial charge on any atom is 0.203 e. The molecule has 1 atom stereocenters. The van der Waals surface area contributed by atoms with Gasteiger partial charge in [-0.3, -0.25) is 0 Å². The third kappa shape index (κ3) is 3.34. The van der Waals surface area contributed by atoms with Gasteiger partial charge in [-0.15, -0.1) is 0 Å². The number of aromatic amines is 1. The molecular weight excluding hydrogens is 339 g/mol. The van der Waals surface area contributed by atoms with Gasteiger partial charge in [0.05, 0.1) is 33.2 Å². The van der Waals surface area contributed by atoms with Crippen LogP contribution in [0.2, 0.25) is 0 Å². The number of hydrogen-bond acceptors (Lipinski definition) is 5. The van der Waals surface area contributed by atoms with Crippen LogP contribution in [0.3, 0.4) is 0 Å². The Morgan fingerprint density at radius 3 is 2.15 bits per heavy atom. The van der Waals surface area contributed by atoms with Crippen molar-refractivity contribution in [1.82, 2.24) is 9.97 Å². The van der Waals surface area contributed by atoms with Crippen LogP contribution in [0.25, 0.3) is 11.4 Å². The van der Waals surface area contributed by atoms with Gasteiger partial charge in [0.15, 0.2) is 11.5 Å². The van der Waals surface area contributed by atoms with Crippen LogP contribution >= 0.6 is 0 Å². The third-order valence-electron chi connectivity index (χ3n) is 4.01. The van der Waals surface area contributed by atoms with Gasteiger partial charge in [-0.05, 0) is 42.0 Å². The highest BCUT2D eigenvalue weighted by molar-refractivity contribution is 5.57. The average molecular weight is 358 g/mol. The van der Waals surface area contributed by atoms with Gasteiger partial charge in [-0.1, -0.05) is 0 Å². The van der Waals surface area contributed by atoms with Crippen LogP contribution in [-0.4, -0.2) is 36.4 Å². The summed E-state index contributed by atoms with van der Waals surface area (Å²) in [5.74, 6) is 1.55. The first-order chi connectivity index (χ1) is 12.6. The van der Waals surface area contributed by atoms with Crippen LogP contribution < -0.4 is 14.2 Å². The zero-order valence-corrected chi connectivity index (χ0v) is 14.6. The molecule has 1 unspecified atom stereocenters. The summed E-state index contributed by atoms with van der Waals surface area (Å²) in [4.78, 5) is 7.31. The van der Waals surface area contributed by atoms with Crippen LogP contribution in [0, 0.1) is 5.82 Å². The maximum absolute atomic E-state index is 13.1. The van der Waals surface area contributed by atoms with E-state index in [1.165, 1.54) is 39.7 Å². The van der Waals surface area contributed by atoms with E-state index in [1.54, 1.807) is 24.3 Å². The number of benzene rings is 2. The van der Waals surface area contributed by atoms with Gasteiger partial charge in [0.25, 0.3) is 0 Å². The Hall–Kier alpha value is -3.06. The van der Waals surface area contributed by atoms with E-state index in [2.05, 4.69) is 9.97 Å². The fraction of sp³-hybridized carbons (Fsp3) is 0.211. The number of imidazole rings is 1. The number of rotatable bonds is 6. The Morgan fingerprint density at radius 2 is 1.62 bits per heavy atom. The van der Waals surface area contributed by atoms with Gasteiger partial charge in [-0.2, -0.15) is 0 Å². The van der Waals surface area contributed by atoms with Crippen molar-refractivity contribution in [3.63, 3.8) is 0 Å². The summed E-state index contributed by atoms with van der Waals surface area (Å²) >= 11 is 0. The second-order valence-corrected chi connectivity index (χ2v) is 5.56. The average Bonchev–Trinajstić information content (AvgIpc) is 3.16. The molecule has 0 aliphatic carbocycles. The van der Waals surface area contributed by atoms with E-state index in [0.29, 0.717) is 34.3 Å². The summed E-state index contributed by atoms with van der Waals surface area (Å²) in [5, 5.41) is 10.7. The number of aromatic nitrogens is 2. The molecule has 136 valence electrons. The Bertz CT molecular complexity index is 868. The van der Waals surface area contributed by atoms with Crippen LogP contribution in [0.4, 0.5) is 4.39 Å². The van der Waals surface area contributed by atoms with Crippen molar-refractivity contribution in [2.24, 2.45) is 0 Å². The minimum absolute atomic E-state index is 0.321. The Balaban J connectivity index is 1.94. The van der Waals surface area contributed by atoms with Gasteiger partial charge in [0.2, 0.25) is 5.75 Å². The van der Waals surface area contributed by atoms with Crippen LogP contribution in [0.1, 0.15) is 17.4 Å². The molecule has 1 heterocycles. The van der Waals surface area contributed by atoms with Crippen molar-refractivity contribution in [1.29, 1.82) is 0 Å². The first-order valence-corrected chi connectivity index (χ1v) is 7.86. The maximum atomic E-state index is 13.1. The number of methoxy groups -OCH3 is 3. The molecule has 3 aromatic rings. The van der Waals surface area contributed by atoms with Crippen molar-refractivity contribution in [3.05, 3.63) is 59.7 Å². The SMILES string of the molecule is COc1cc(C(O)c2cnc(-c3ccc(F)cc3)[nH]2)cc(OC)c1OC. The molecule has 0 radical (unpaired) electrons. The molecule has 0 saturated carbocycles. The molecule has 0 amide bonds. The Kier molecular flexibility index (Phi) is 5.09. The normalized spacial score (nSPS) is 11.9. The molecule has 0 aliphatic rings. The van der Waals surface area contributed by atoms with Crippen molar-refractivity contribution in [3.8, 4) is 28.6 Å². The largest absolute Gasteiger partial charge is 0.493 e. The molecule has 0 spiro atoms. The molecule has 0 fully saturated rings. The molecule has 2 N–H and O–H groups in total. The van der Waals surface area contributed by atoms with Gasteiger partial charge >= 0.3 is 0 Å². The highest BCUT2D eigenvalue weighted by atomic mass is 19.1. The van der Waals surface area contributed by atoms with Crippen LogP contribution in [0.5, 0.6) is 17.2 Å². The number of ether oxygens (including phenoxy) is 3. The third-order valence-corrected chi connectivity index (χ3v) is 4.01. The van der Waals surface area contributed by atoms with E-state index in [4.69, 9.17) is 14.2 Å². The second kappa shape index (κ2) is 7.45. The van der Waals surface area contributed by atoms with Gasteiger partial charge in [0, 0.05) is 5.56 Å². The number of H-pyrrole nitrogens is 1. The summed E-state index contributed by atoms with van der Waals surface area (Å²) in [6.45, 7) is 0. The molecule has 6 nitrogen and oxygen atoms in total. The Morgan fingerprint density at radius 1 is 1.00 bits per heavy atom. The summed E-state index contributed by atoms with van der Waals surface area (Å²) in [6.07, 6.45) is 0.553. The van der Waals surface area contributed by atoms with Gasteiger partial charge in [0.1, 0.15) is 17.7 Å². The van der Waals surface area contributed by atoms with Crippen LogP contribution in [-0.2, 0) is 0 Å². The topological polar surface area (TPSA) is 76.6 Å². The van der Waals surface area contributed by atoms with Crippen molar-refractivity contribution in [2.45, 2.75) is 6.10 Å². The number of nitrogens with one attached hydrogen (secondary N) is 1. The summed E-state index contributed by atoms with van der Waals surface area (Å²) in [5.41, 5.74) is 1.75. The highest BCUT2D eigenvalue weighted by Gasteiger charge is 2.20. The lowest BCUT2D eigenvalue weighted by molar-refractivity contribution is 0.214. The molecule has 0 bridgehead atoms. The molecule has 0 aliphatic heterocycles. The first kappa shape index (κ1) is 17.8. The van der Waals surface area contributed by atoms with Crippen LogP contribution in [0.15, 0.2) is 42.6 Å². The number of halogens is 1. The van der Waals surface area contributed by atoms with Gasteiger partial charge < -0.3 is 24.3 Å². The Labute approximate surface area is 150 Å².